The Labute approximate surface area is 60.9 Å². The van der Waals surface area contributed by atoms with Crippen LogP contribution >= 0.6 is 0 Å². The SMILES string of the molecule is [Li+].[O-]B(O)O.[Zn]. The van der Waals surface area contributed by atoms with Crippen molar-refractivity contribution >= 4 is 7.32 Å². The van der Waals surface area contributed by atoms with Crippen LogP contribution in [-0.2, 0) is 19.5 Å². The van der Waals surface area contributed by atoms with E-state index in [1.54, 1.807) is 0 Å². The standard InChI is InChI=1S/BH2O3.Li.Zn/c2-1(3)4;;/h2-3H;;/q-1;+1;. The molecule has 0 unspecified atom stereocenters. The van der Waals surface area contributed by atoms with E-state index < -0.39 is 7.32 Å². The third-order valence-corrected chi connectivity index (χ3v) is 0. The normalized spacial score (nSPS) is 4.50. The van der Waals surface area contributed by atoms with Crippen molar-refractivity contribution in [3.8, 4) is 0 Å². The minimum absolute atomic E-state index is 0. The zero-order valence-corrected chi connectivity index (χ0v) is 6.55. The van der Waals surface area contributed by atoms with Gasteiger partial charge < -0.3 is 15.1 Å². The first-order chi connectivity index (χ1) is 1.73. The third-order valence-electron chi connectivity index (χ3n) is 0. The fourth-order valence-corrected chi connectivity index (χ4v) is 0. The first-order valence-electron chi connectivity index (χ1n) is 0.752. The van der Waals surface area contributed by atoms with Gasteiger partial charge in [0.25, 0.3) is 0 Å². The molecule has 0 saturated carbocycles. The molecule has 0 aliphatic heterocycles. The Kier molecular flexibility index (Phi) is 24.8. The summed E-state index contributed by atoms with van der Waals surface area (Å²) in [6, 6.07) is 0. The van der Waals surface area contributed by atoms with Crippen LogP contribution in [-0.4, -0.2) is 17.4 Å². The van der Waals surface area contributed by atoms with Crippen LogP contribution in [0.2, 0.25) is 0 Å². The zero-order chi connectivity index (χ0) is 3.58. The van der Waals surface area contributed by atoms with Crippen molar-refractivity contribution in [2.24, 2.45) is 0 Å². The van der Waals surface area contributed by atoms with Crippen molar-refractivity contribution in [2.45, 2.75) is 0 Å². The van der Waals surface area contributed by atoms with Crippen LogP contribution < -0.4 is 23.9 Å². The summed E-state index contributed by atoms with van der Waals surface area (Å²) >= 11 is 0. The molecule has 0 radical (unpaired) electrons. The molecule has 0 aliphatic carbocycles. The molecule has 0 rings (SSSR count). The van der Waals surface area contributed by atoms with Crippen molar-refractivity contribution in [1.82, 2.24) is 0 Å². The van der Waals surface area contributed by atoms with Crippen molar-refractivity contribution in [2.75, 3.05) is 0 Å². The van der Waals surface area contributed by atoms with E-state index in [4.69, 9.17) is 15.1 Å². The summed E-state index contributed by atoms with van der Waals surface area (Å²) in [7, 11) is -2.42. The second kappa shape index (κ2) is 9.48. The summed E-state index contributed by atoms with van der Waals surface area (Å²) in [5, 5.41) is 22.8. The fraction of sp³-hybridized carbons (Fsp3) is 0. The van der Waals surface area contributed by atoms with Crippen LogP contribution in [0.15, 0.2) is 0 Å². The van der Waals surface area contributed by atoms with Gasteiger partial charge in [-0.2, -0.15) is 0 Å². The van der Waals surface area contributed by atoms with E-state index in [2.05, 4.69) is 0 Å². The maximum atomic E-state index is 8.64. The molecule has 0 heterocycles. The summed E-state index contributed by atoms with van der Waals surface area (Å²) in [5.41, 5.74) is 0. The summed E-state index contributed by atoms with van der Waals surface area (Å²) in [5.74, 6) is 0. The monoisotopic (exact) mass is 132 g/mol. The van der Waals surface area contributed by atoms with Crippen LogP contribution in [0, 0.1) is 0 Å². The number of hydrogen-bond donors (Lipinski definition) is 2. The number of rotatable bonds is 0. The molecule has 26 valence electrons. The Morgan fingerprint density at radius 3 is 1.33 bits per heavy atom. The second-order valence-corrected chi connectivity index (χ2v) is 0.326. The Bertz CT molecular complexity index is 15.5. The van der Waals surface area contributed by atoms with Gasteiger partial charge in [0, 0.05) is 19.5 Å². The average Bonchev–Trinajstić information content (AvgIpc) is 0.811. The van der Waals surface area contributed by atoms with Crippen LogP contribution in [0.1, 0.15) is 0 Å². The molecule has 6 heavy (non-hydrogen) atoms. The average molecular weight is 133 g/mol. The Morgan fingerprint density at radius 2 is 1.33 bits per heavy atom. The van der Waals surface area contributed by atoms with Gasteiger partial charge in [0.1, 0.15) is 0 Å². The molecule has 0 aromatic carbocycles. The van der Waals surface area contributed by atoms with Gasteiger partial charge in [-0.25, -0.2) is 0 Å². The first-order valence-corrected chi connectivity index (χ1v) is 0.752. The molecule has 0 saturated heterocycles. The van der Waals surface area contributed by atoms with Crippen LogP contribution in [0.3, 0.4) is 0 Å². The van der Waals surface area contributed by atoms with Crippen molar-refractivity contribution < 1.29 is 53.4 Å². The fourth-order valence-electron chi connectivity index (χ4n) is 0. The van der Waals surface area contributed by atoms with E-state index in [1.807, 2.05) is 0 Å². The molecule has 0 spiro atoms. The minimum atomic E-state index is -2.42. The molecule has 6 heteroatoms. The zero-order valence-electron chi connectivity index (χ0n) is 3.59. The molecule has 0 aromatic heterocycles. The maximum Gasteiger partial charge on any atom is 1.00 e. The maximum absolute atomic E-state index is 8.64. The van der Waals surface area contributed by atoms with Gasteiger partial charge in [0.05, 0.1) is 0 Å². The Morgan fingerprint density at radius 1 is 1.33 bits per heavy atom. The van der Waals surface area contributed by atoms with Gasteiger partial charge in [-0.05, 0) is 0 Å². The van der Waals surface area contributed by atoms with Crippen LogP contribution in [0.5, 0.6) is 0 Å². The number of hydrogen-bond acceptors (Lipinski definition) is 3. The van der Waals surface area contributed by atoms with Gasteiger partial charge in [-0.3, -0.25) is 0 Å². The molecule has 0 atom stereocenters. The molecular formula is H2BLiO3Zn. The minimum Gasteiger partial charge on any atom is -0.832 e. The third kappa shape index (κ3) is 66.0. The smallest absolute Gasteiger partial charge is 0.832 e. The predicted molar refractivity (Wildman–Crippen MR) is 10.2 cm³/mol. The van der Waals surface area contributed by atoms with E-state index in [9.17, 15) is 0 Å². The molecule has 0 fully saturated rings. The van der Waals surface area contributed by atoms with E-state index >= 15 is 0 Å². The molecule has 0 aliphatic rings. The summed E-state index contributed by atoms with van der Waals surface area (Å²) in [4.78, 5) is 0. The van der Waals surface area contributed by atoms with E-state index in [0.717, 1.165) is 0 Å². The van der Waals surface area contributed by atoms with E-state index in [-0.39, 0.29) is 38.3 Å². The second-order valence-electron chi connectivity index (χ2n) is 0.326. The largest absolute Gasteiger partial charge is 1.00 e. The molecule has 2 N–H and O–H groups in total. The van der Waals surface area contributed by atoms with E-state index in [0.29, 0.717) is 0 Å². The van der Waals surface area contributed by atoms with Crippen LogP contribution in [0.4, 0.5) is 0 Å². The molecule has 0 bridgehead atoms. The van der Waals surface area contributed by atoms with Gasteiger partial charge in [-0.1, -0.05) is 0 Å². The summed E-state index contributed by atoms with van der Waals surface area (Å²) in [6.07, 6.45) is 0. The Balaban J connectivity index is -0.0000000450. The van der Waals surface area contributed by atoms with E-state index in [1.165, 1.54) is 0 Å². The van der Waals surface area contributed by atoms with Crippen molar-refractivity contribution in [1.29, 1.82) is 0 Å². The van der Waals surface area contributed by atoms with Gasteiger partial charge in [0.15, 0.2) is 0 Å². The molecule has 0 aromatic rings. The van der Waals surface area contributed by atoms with Gasteiger partial charge in [0.2, 0.25) is 0 Å². The van der Waals surface area contributed by atoms with Gasteiger partial charge in [-0.15, -0.1) is 0 Å². The summed E-state index contributed by atoms with van der Waals surface area (Å²) in [6.45, 7) is 0. The molecular weight excluding hydrogens is 131 g/mol. The van der Waals surface area contributed by atoms with Gasteiger partial charge >= 0.3 is 26.2 Å². The Hall–Kier alpha value is 1.17. The van der Waals surface area contributed by atoms with Crippen molar-refractivity contribution in [3.05, 3.63) is 0 Å². The molecule has 3 nitrogen and oxygen atoms in total. The van der Waals surface area contributed by atoms with Crippen molar-refractivity contribution in [3.63, 3.8) is 0 Å². The topological polar surface area (TPSA) is 63.5 Å². The molecule has 0 amide bonds. The quantitative estimate of drug-likeness (QED) is 0.324. The van der Waals surface area contributed by atoms with Crippen LogP contribution in [0.25, 0.3) is 0 Å². The first kappa shape index (κ1) is 15.7. The predicted octanol–water partition coefficient (Wildman–Crippen LogP) is -5.68. The summed E-state index contributed by atoms with van der Waals surface area (Å²) < 4.78 is 0.